The number of halogens is 2. The molecule has 69 heavy (non-hydrogen) atoms. The second-order valence-electron chi connectivity index (χ2n) is 20.0. The van der Waals surface area contributed by atoms with E-state index in [4.69, 9.17) is 32.7 Å². The minimum Gasteiger partial charge on any atom is -0.497 e. The van der Waals surface area contributed by atoms with Gasteiger partial charge in [0.2, 0.25) is 11.8 Å². The minimum absolute atomic E-state index is 0.0139. The van der Waals surface area contributed by atoms with E-state index in [0.717, 1.165) is 63.3 Å². The van der Waals surface area contributed by atoms with Crippen molar-refractivity contribution in [3.8, 4) is 11.5 Å². The highest BCUT2D eigenvalue weighted by Gasteiger charge is 2.26. The number of rotatable bonds is 21. The number of amides is 2. The van der Waals surface area contributed by atoms with E-state index in [9.17, 15) is 19.2 Å². The molecule has 0 atom stereocenters. The maximum Gasteiger partial charge on any atom is 0.262 e. The van der Waals surface area contributed by atoms with Crippen LogP contribution in [0.3, 0.4) is 0 Å². The summed E-state index contributed by atoms with van der Waals surface area (Å²) in [5, 5.41) is 9.11. The molecule has 0 spiro atoms. The van der Waals surface area contributed by atoms with Crippen molar-refractivity contribution >= 4 is 84.8 Å². The number of carbonyl (C=O) groups excluding carboxylic acids is 4. The highest BCUT2D eigenvalue weighted by Crippen LogP contribution is 2.33. The molecule has 2 amide bonds. The van der Waals surface area contributed by atoms with Crippen LogP contribution in [0.4, 0.5) is 0 Å². The molecule has 10 nitrogen and oxygen atoms in total. The lowest BCUT2D eigenvalue weighted by molar-refractivity contribution is -0.121. The van der Waals surface area contributed by atoms with Crippen LogP contribution in [0.5, 0.6) is 11.5 Å². The Balaban J connectivity index is 0.000000258. The molecule has 370 valence electrons. The summed E-state index contributed by atoms with van der Waals surface area (Å²) in [6.07, 6.45) is 9.50. The molecule has 6 rings (SSSR count). The second kappa shape index (κ2) is 25.1. The maximum absolute atomic E-state index is 13.4. The van der Waals surface area contributed by atoms with Gasteiger partial charge in [-0.05, 0) is 116 Å². The van der Waals surface area contributed by atoms with Crippen LogP contribution >= 0.6 is 23.2 Å². The Labute approximate surface area is 421 Å². The number of unbranched alkanes of at least 4 members (excludes halogenated alkanes) is 5. The van der Waals surface area contributed by atoms with Gasteiger partial charge < -0.3 is 20.1 Å². The van der Waals surface area contributed by atoms with Gasteiger partial charge in [0.25, 0.3) is 11.8 Å². The number of fused-ring (bicyclic) bond motifs is 2. The summed E-state index contributed by atoms with van der Waals surface area (Å²) >= 11 is 12.0. The number of nitrogens with zero attached hydrogens (tertiary/aromatic N) is 2. The van der Waals surface area contributed by atoms with Gasteiger partial charge in [0, 0.05) is 64.1 Å². The third-order valence-corrected chi connectivity index (χ3v) is 17.9. The van der Waals surface area contributed by atoms with Crippen LogP contribution in [0.25, 0.3) is 21.8 Å². The van der Waals surface area contributed by atoms with Crippen LogP contribution in [0, 0.1) is 13.8 Å². The molecule has 0 saturated carbocycles. The van der Waals surface area contributed by atoms with Crippen molar-refractivity contribution in [3.05, 3.63) is 129 Å². The van der Waals surface area contributed by atoms with E-state index in [1.165, 1.54) is 44.2 Å². The molecule has 0 bridgehead atoms. The topological polar surface area (TPSA) is 121 Å². The lowest BCUT2D eigenvalue weighted by atomic mass is 10.1. The van der Waals surface area contributed by atoms with E-state index in [0.29, 0.717) is 39.2 Å². The Morgan fingerprint density at radius 3 is 1.43 bits per heavy atom. The Hall–Kier alpha value is -5.15. The predicted octanol–water partition coefficient (Wildman–Crippen LogP) is 13.3. The summed E-state index contributed by atoms with van der Waals surface area (Å²) in [5.74, 6) is 1.03. The number of methoxy groups -OCH3 is 2. The second-order valence-corrected chi connectivity index (χ2v) is 31.7. The summed E-state index contributed by atoms with van der Waals surface area (Å²) in [7, 11) is 0.775. The number of ether oxygens (including phenoxy) is 2. The molecule has 0 radical (unpaired) electrons. The van der Waals surface area contributed by atoms with Gasteiger partial charge in [-0.25, -0.2) is 0 Å². The van der Waals surface area contributed by atoms with Crippen LogP contribution in [0.2, 0.25) is 54.9 Å². The number of nitrogens with one attached hydrogen (secondary N) is 2. The molecular weight excluding hydrogens is 940 g/mol. The molecule has 2 N–H and O–H groups in total. The summed E-state index contributed by atoms with van der Waals surface area (Å²) < 4.78 is 14.2. The Morgan fingerprint density at radius 2 is 1.00 bits per heavy atom. The average molecular weight is 1010 g/mol. The zero-order valence-corrected chi connectivity index (χ0v) is 45.9. The smallest absolute Gasteiger partial charge is 0.262 e. The molecule has 0 aliphatic carbocycles. The van der Waals surface area contributed by atoms with Crippen molar-refractivity contribution in [2.24, 2.45) is 0 Å². The monoisotopic (exact) mass is 1010 g/mol. The summed E-state index contributed by atoms with van der Waals surface area (Å²) in [4.78, 5) is 52.6. The molecule has 0 saturated heterocycles. The molecule has 0 unspecified atom stereocenters. The van der Waals surface area contributed by atoms with Crippen molar-refractivity contribution < 1.29 is 28.7 Å². The van der Waals surface area contributed by atoms with Crippen molar-refractivity contribution in [2.75, 3.05) is 26.9 Å². The number of hydrogen-bond donors (Lipinski definition) is 2. The van der Waals surface area contributed by atoms with Crippen LogP contribution in [0.15, 0.2) is 84.9 Å². The lowest BCUT2D eigenvalue weighted by Gasteiger charge is -2.22. The van der Waals surface area contributed by atoms with Crippen LogP contribution in [-0.4, -0.2) is 75.8 Å². The standard InChI is InChI=1S/C28H37ClN2O3Si.C27H35ClN2O3Si/c1-20-24(19-27(32)30-16-8-6-7-9-17-35(3,4)5)25-18-23(34-2)14-15-26(25)31(20)28(33)21-10-12-22(29)13-11-21;1-6-7-8-15-34(4,5)18-29-26(31)17-23-19(2)30(25-14-13-22(33-3)16-24(23)25)27(32)20-9-11-21(28)12-10-20/h10-15,18H,6-9,16-17,19H2,1-5H3,(H,30,32);9-14,16H,6-8,15,17-18H2,1-5H3,(H,29,31). The van der Waals surface area contributed by atoms with Gasteiger partial charge in [-0.3, -0.25) is 28.3 Å². The van der Waals surface area contributed by atoms with Gasteiger partial charge in [-0.15, -0.1) is 0 Å². The van der Waals surface area contributed by atoms with Gasteiger partial charge in [0.1, 0.15) is 11.5 Å². The molecule has 14 heteroatoms. The van der Waals surface area contributed by atoms with Gasteiger partial charge in [-0.1, -0.05) is 113 Å². The van der Waals surface area contributed by atoms with Crippen molar-refractivity contribution in [1.82, 2.24) is 19.8 Å². The minimum atomic E-state index is -1.49. The van der Waals surface area contributed by atoms with E-state index in [-0.39, 0.29) is 36.5 Å². The van der Waals surface area contributed by atoms with E-state index in [1.54, 1.807) is 71.9 Å². The number of aromatic nitrogens is 2. The molecule has 0 aliphatic rings. The van der Waals surface area contributed by atoms with Gasteiger partial charge in [0.05, 0.1) is 46.2 Å². The quantitative estimate of drug-likeness (QED) is 0.0547. The fourth-order valence-corrected chi connectivity index (χ4v) is 12.3. The van der Waals surface area contributed by atoms with Crippen molar-refractivity contribution in [2.45, 2.75) is 123 Å². The molecule has 2 aromatic heterocycles. The third-order valence-electron chi connectivity index (χ3n) is 12.7. The number of benzene rings is 4. The van der Waals surface area contributed by atoms with Crippen molar-refractivity contribution in [3.63, 3.8) is 0 Å². The highest BCUT2D eigenvalue weighted by atomic mass is 35.5. The first-order valence-corrected chi connectivity index (χ1v) is 32.1. The van der Waals surface area contributed by atoms with Crippen molar-refractivity contribution in [1.29, 1.82) is 0 Å². The summed E-state index contributed by atoms with van der Waals surface area (Å²) in [5.41, 5.74) is 5.80. The van der Waals surface area contributed by atoms with Crippen LogP contribution in [0.1, 0.15) is 95.1 Å². The zero-order valence-electron chi connectivity index (χ0n) is 42.4. The van der Waals surface area contributed by atoms with Crippen LogP contribution in [-0.2, 0) is 22.4 Å². The number of hydrogen-bond acceptors (Lipinski definition) is 6. The molecular formula is C55H72Cl2N4O6Si2. The first kappa shape index (κ1) is 54.8. The maximum atomic E-state index is 13.4. The summed E-state index contributed by atoms with van der Waals surface area (Å²) in [6, 6.07) is 27.5. The highest BCUT2D eigenvalue weighted by molar-refractivity contribution is 6.77. The average Bonchev–Trinajstić information content (AvgIpc) is 3.74. The van der Waals surface area contributed by atoms with Gasteiger partial charge >= 0.3 is 0 Å². The van der Waals surface area contributed by atoms with Gasteiger partial charge in [-0.2, -0.15) is 0 Å². The third kappa shape index (κ3) is 15.2. The van der Waals surface area contributed by atoms with E-state index >= 15 is 0 Å². The van der Waals surface area contributed by atoms with Crippen LogP contribution < -0.4 is 20.1 Å². The van der Waals surface area contributed by atoms with E-state index < -0.39 is 16.1 Å². The van der Waals surface area contributed by atoms with E-state index in [2.05, 4.69) is 50.3 Å². The normalized spacial score (nSPS) is 11.6. The first-order chi connectivity index (χ1) is 32.8. The molecule has 0 fully saturated rings. The fraction of sp³-hybridized carbons (Fsp3) is 0.418. The Bertz CT molecular complexity index is 2720. The van der Waals surface area contributed by atoms with E-state index in [1.807, 2.05) is 50.2 Å². The SMILES string of the molecule is CCCCC[Si](C)(C)CNC(=O)Cc1c(C)n(C(=O)c2ccc(Cl)cc2)c2ccc(OC)cc12.COc1ccc2c(c1)c(CC(=O)NCCCCCC[Si](C)(C)C)c(C)n2C(=O)c1ccc(Cl)cc1. The lowest BCUT2D eigenvalue weighted by Crippen LogP contribution is -2.42. The summed E-state index contributed by atoms with van der Waals surface area (Å²) in [6.45, 7) is 18.6. The predicted molar refractivity (Wildman–Crippen MR) is 291 cm³/mol. The molecule has 0 aliphatic heterocycles. The Kier molecular flexibility index (Phi) is 19.9. The molecule has 4 aromatic carbocycles. The molecule has 6 aromatic rings. The largest absolute Gasteiger partial charge is 0.497 e. The first-order valence-electron chi connectivity index (χ1n) is 24.3. The molecule has 2 heterocycles. The zero-order chi connectivity index (χ0) is 50.5. The Morgan fingerprint density at radius 1 is 0.565 bits per heavy atom. The number of carbonyl (C=O) groups is 4. The van der Waals surface area contributed by atoms with Gasteiger partial charge in [0.15, 0.2) is 0 Å². The fourth-order valence-electron chi connectivity index (χ4n) is 8.68.